The Bertz CT molecular complexity index is 920. The number of halogens is 1. The van der Waals surface area contributed by atoms with Crippen molar-refractivity contribution in [2.24, 2.45) is 11.8 Å². The summed E-state index contributed by atoms with van der Waals surface area (Å²) in [5.41, 5.74) is -1.02. The first-order valence-corrected chi connectivity index (χ1v) is 11.8. The summed E-state index contributed by atoms with van der Waals surface area (Å²) in [5, 5.41) is 15.7. The minimum atomic E-state index is -1.13. The topological polar surface area (TPSA) is 108 Å². The van der Waals surface area contributed by atoms with Crippen LogP contribution in [0.15, 0.2) is 30.3 Å². The Kier molecular flexibility index (Phi) is 5.88. The van der Waals surface area contributed by atoms with E-state index in [0.29, 0.717) is 12.1 Å². The lowest BCUT2D eigenvalue weighted by Gasteiger charge is -2.37. The number of para-hydroxylation sites is 1. The van der Waals surface area contributed by atoms with Crippen LogP contribution in [0.5, 0.6) is 0 Å². The minimum Gasteiger partial charge on any atom is -0.394 e. The van der Waals surface area contributed by atoms with Crippen LogP contribution in [0.4, 0.5) is 5.69 Å². The van der Waals surface area contributed by atoms with Gasteiger partial charge in [-0.3, -0.25) is 14.4 Å². The van der Waals surface area contributed by atoms with Crippen LogP contribution in [0.2, 0.25) is 0 Å². The number of carbonyl (C=O) groups is 3. The molecule has 0 saturated carbocycles. The van der Waals surface area contributed by atoms with Crippen molar-refractivity contribution in [1.29, 1.82) is 0 Å². The quantitative estimate of drug-likeness (QED) is 0.525. The number of ether oxygens (including phenoxy) is 1. The molecule has 3 heterocycles. The number of nitrogens with zero attached hydrogens (tertiary/aromatic N) is 1. The van der Waals surface area contributed by atoms with Gasteiger partial charge in [0.2, 0.25) is 17.7 Å². The van der Waals surface area contributed by atoms with Gasteiger partial charge in [-0.25, -0.2) is 0 Å². The number of amides is 3. The van der Waals surface area contributed by atoms with E-state index in [4.69, 9.17) is 4.74 Å². The van der Waals surface area contributed by atoms with Crippen LogP contribution in [0.25, 0.3) is 0 Å². The molecular weight excluding hydrogens is 478 g/mol. The Morgan fingerprint density at radius 3 is 2.53 bits per heavy atom. The molecule has 0 aliphatic carbocycles. The van der Waals surface area contributed by atoms with Crippen LogP contribution in [0.3, 0.4) is 0 Å². The fourth-order valence-electron chi connectivity index (χ4n) is 5.41. The number of anilines is 1. The van der Waals surface area contributed by atoms with Crippen molar-refractivity contribution in [3.05, 3.63) is 30.3 Å². The second kappa shape index (κ2) is 8.11. The summed E-state index contributed by atoms with van der Waals surface area (Å²) < 4.78 is 6.40. The van der Waals surface area contributed by atoms with E-state index in [2.05, 4.69) is 26.6 Å². The van der Waals surface area contributed by atoms with Gasteiger partial charge in [0.1, 0.15) is 11.6 Å². The maximum atomic E-state index is 13.7. The van der Waals surface area contributed by atoms with E-state index in [0.717, 1.165) is 0 Å². The summed E-state index contributed by atoms with van der Waals surface area (Å²) in [7, 11) is 0. The molecule has 0 aromatic heterocycles. The molecule has 3 unspecified atom stereocenters. The lowest BCUT2D eigenvalue weighted by molar-refractivity contribution is -0.145. The molecule has 3 aliphatic rings. The first-order chi connectivity index (χ1) is 15.0. The molecule has 1 aromatic rings. The Morgan fingerprint density at radius 1 is 1.28 bits per heavy atom. The average Bonchev–Trinajstić information content (AvgIpc) is 3.30. The van der Waals surface area contributed by atoms with Crippen LogP contribution in [0, 0.1) is 11.8 Å². The highest BCUT2D eigenvalue weighted by atomic mass is 79.9. The van der Waals surface area contributed by atoms with Gasteiger partial charge in [-0.05, 0) is 46.2 Å². The van der Waals surface area contributed by atoms with Crippen molar-refractivity contribution >= 4 is 39.3 Å². The van der Waals surface area contributed by atoms with Crippen molar-refractivity contribution in [2.45, 2.75) is 68.3 Å². The van der Waals surface area contributed by atoms with Crippen molar-refractivity contribution in [3.63, 3.8) is 0 Å². The van der Waals surface area contributed by atoms with E-state index in [-0.39, 0.29) is 29.2 Å². The smallest absolute Gasteiger partial charge is 0.246 e. The zero-order chi connectivity index (χ0) is 23.4. The lowest BCUT2D eigenvalue weighted by Crippen LogP contribution is -2.60. The molecule has 1 spiro atoms. The molecule has 8 nitrogen and oxygen atoms in total. The number of fused-ring (bicyclic) bond motifs is 1. The van der Waals surface area contributed by atoms with Gasteiger partial charge in [-0.1, -0.05) is 34.1 Å². The van der Waals surface area contributed by atoms with E-state index < -0.39 is 41.2 Å². The van der Waals surface area contributed by atoms with Gasteiger partial charge < -0.3 is 25.4 Å². The number of benzene rings is 1. The van der Waals surface area contributed by atoms with E-state index in [1.807, 2.05) is 39.0 Å². The Balaban J connectivity index is 1.73. The zero-order valence-corrected chi connectivity index (χ0v) is 20.3. The maximum absolute atomic E-state index is 13.7. The molecule has 32 heavy (non-hydrogen) atoms. The molecule has 3 fully saturated rings. The largest absolute Gasteiger partial charge is 0.394 e. The lowest BCUT2D eigenvalue weighted by atomic mass is 9.70. The van der Waals surface area contributed by atoms with Crippen LogP contribution >= 0.6 is 15.9 Å². The normalized spacial score (nSPS) is 34.4. The van der Waals surface area contributed by atoms with E-state index in [1.165, 1.54) is 4.90 Å². The van der Waals surface area contributed by atoms with Gasteiger partial charge in [0, 0.05) is 16.1 Å². The molecule has 3 aliphatic heterocycles. The number of alkyl halides is 1. The van der Waals surface area contributed by atoms with Gasteiger partial charge in [0.25, 0.3) is 0 Å². The maximum Gasteiger partial charge on any atom is 0.246 e. The third-order valence-electron chi connectivity index (χ3n) is 6.56. The standard InChI is InChI=1S/C23H30BrN3O5/c1-12(11-28)27-18(20(30)26-22(2,3)4)23-10-14(24)17(32-23)15(16(23)21(27)31)19(29)25-13-8-6-5-7-9-13/h5-9,12,14-18,28H,10-11H2,1-4H3,(H,25,29)(H,26,30)/t12-,14?,15+,16+,17+,18?,23?/m1/s1. The molecule has 3 saturated heterocycles. The van der Waals surface area contributed by atoms with E-state index in [1.54, 1.807) is 19.1 Å². The predicted octanol–water partition coefficient (Wildman–Crippen LogP) is 1.67. The minimum absolute atomic E-state index is 0.174. The van der Waals surface area contributed by atoms with Crippen LogP contribution in [0.1, 0.15) is 34.1 Å². The average molecular weight is 508 g/mol. The summed E-state index contributed by atoms with van der Waals surface area (Å²) in [4.78, 5) is 41.7. The number of carbonyl (C=O) groups excluding carboxylic acids is 3. The molecule has 7 atom stereocenters. The number of likely N-dealkylation sites (tertiary alicyclic amines) is 1. The molecule has 3 amide bonds. The first kappa shape index (κ1) is 23.2. The highest BCUT2D eigenvalue weighted by Gasteiger charge is 2.76. The fourth-order valence-corrected chi connectivity index (χ4v) is 6.36. The number of hydrogen-bond acceptors (Lipinski definition) is 5. The summed E-state index contributed by atoms with van der Waals surface area (Å²) in [6.07, 6.45) is -0.0933. The number of rotatable bonds is 5. The molecule has 3 N–H and O–H groups in total. The number of aliphatic hydroxyl groups excluding tert-OH is 1. The van der Waals surface area contributed by atoms with Gasteiger partial charge in [0.15, 0.2) is 0 Å². The Hall–Kier alpha value is -1.97. The monoisotopic (exact) mass is 507 g/mol. The molecule has 0 radical (unpaired) electrons. The number of nitrogens with one attached hydrogen (secondary N) is 2. The second-order valence-electron chi connectivity index (χ2n) is 10.0. The molecule has 9 heteroatoms. The van der Waals surface area contributed by atoms with Crippen LogP contribution in [-0.4, -0.2) is 68.5 Å². The van der Waals surface area contributed by atoms with Gasteiger partial charge in [-0.2, -0.15) is 0 Å². The summed E-state index contributed by atoms with van der Waals surface area (Å²) >= 11 is 3.64. The van der Waals surface area contributed by atoms with Crippen molar-refractivity contribution in [3.8, 4) is 0 Å². The van der Waals surface area contributed by atoms with Crippen LogP contribution in [-0.2, 0) is 19.1 Å². The van der Waals surface area contributed by atoms with Crippen LogP contribution < -0.4 is 10.6 Å². The third-order valence-corrected chi connectivity index (χ3v) is 7.40. The Morgan fingerprint density at radius 2 is 1.94 bits per heavy atom. The molecule has 2 bridgehead atoms. The summed E-state index contributed by atoms with van der Waals surface area (Å²) in [6.45, 7) is 7.01. The van der Waals surface area contributed by atoms with E-state index in [9.17, 15) is 19.5 Å². The molecule has 174 valence electrons. The Labute approximate surface area is 196 Å². The second-order valence-corrected chi connectivity index (χ2v) is 11.2. The van der Waals surface area contributed by atoms with Crippen molar-refractivity contribution in [2.75, 3.05) is 11.9 Å². The highest BCUT2D eigenvalue weighted by Crippen LogP contribution is 2.60. The van der Waals surface area contributed by atoms with Gasteiger partial charge in [0.05, 0.1) is 30.6 Å². The first-order valence-electron chi connectivity index (χ1n) is 10.9. The summed E-state index contributed by atoms with van der Waals surface area (Å²) in [6, 6.07) is 7.54. The predicted molar refractivity (Wildman–Crippen MR) is 122 cm³/mol. The molecule has 1 aromatic carbocycles. The van der Waals surface area contributed by atoms with Gasteiger partial charge >= 0.3 is 0 Å². The van der Waals surface area contributed by atoms with E-state index >= 15 is 0 Å². The van der Waals surface area contributed by atoms with Crippen molar-refractivity contribution in [1.82, 2.24) is 10.2 Å². The fraction of sp³-hybridized carbons (Fsp3) is 0.609. The number of hydrogen-bond donors (Lipinski definition) is 3. The molecule has 4 rings (SSSR count). The molecular formula is C23H30BrN3O5. The highest BCUT2D eigenvalue weighted by molar-refractivity contribution is 9.09. The SMILES string of the molecule is C[C@H](CO)N1C(=O)[C@@H]2[C@H](C(=O)Nc3ccccc3)[C@H]3OC2(CC3Br)C1C(=O)NC(C)(C)C. The van der Waals surface area contributed by atoms with Gasteiger partial charge in [-0.15, -0.1) is 0 Å². The third kappa shape index (κ3) is 3.64. The zero-order valence-electron chi connectivity index (χ0n) is 18.7. The number of aliphatic hydroxyl groups is 1. The van der Waals surface area contributed by atoms with Crippen molar-refractivity contribution < 1.29 is 24.2 Å². The summed E-state index contributed by atoms with van der Waals surface area (Å²) in [5.74, 6) is -2.51.